The highest BCUT2D eigenvalue weighted by molar-refractivity contribution is 9.10. The number of methoxy groups -OCH3 is 2. The molecule has 0 aliphatic heterocycles. The van der Waals surface area contributed by atoms with Crippen LogP contribution in [-0.4, -0.2) is 19.3 Å². The van der Waals surface area contributed by atoms with Gasteiger partial charge in [-0.1, -0.05) is 0 Å². The standard InChI is InChI=1S/C13H12BrFO3S/c1-17-10-3-4-19-13(10)12(16)7-5-8(14)9(15)6-11(7)18-2/h3-6,12,16H,1-2H3. The average molecular weight is 347 g/mol. The minimum absolute atomic E-state index is 0.276. The minimum atomic E-state index is -0.929. The number of thiophene rings is 1. The molecule has 2 aromatic rings. The Morgan fingerprint density at radius 3 is 2.58 bits per heavy atom. The van der Waals surface area contributed by atoms with E-state index in [1.54, 1.807) is 6.07 Å². The van der Waals surface area contributed by atoms with Crippen molar-refractivity contribution in [2.45, 2.75) is 6.10 Å². The van der Waals surface area contributed by atoms with E-state index in [4.69, 9.17) is 9.47 Å². The van der Waals surface area contributed by atoms with Gasteiger partial charge < -0.3 is 14.6 Å². The van der Waals surface area contributed by atoms with Gasteiger partial charge in [0.05, 0.1) is 23.6 Å². The molecule has 0 aliphatic rings. The summed E-state index contributed by atoms with van der Waals surface area (Å²) < 4.78 is 24.0. The van der Waals surface area contributed by atoms with Gasteiger partial charge in [-0.05, 0) is 33.4 Å². The summed E-state index contributed by atoms with van der Waals surface area (Å²) in [6, 6.07) is 4.52. The largest absolute Gasteiger partial charge is 0.496 e. The second-order valence-corrected chi connectivity index (χ2v) is 5.57. The van der Waals surface area contributed by atoms with Crippen LogP contribution in [0, 0.1) is 5.82 Å². The molecule has 1 heterocycles. The molecule has 1 aromatic carbocycles. The van der Waals surface area contributed by atoms with Crippen LogP contribution in [0.2, 0.25) is 0 Å². The molecule has 2 rings (SSSR count). The molecule has 1 aromatic heterocycles. The first-order valence-electron chi connectivity index (χ1n) is 5.40. The molecule has 0 aliphatic carbocycles. The fourth-order valence-electron chi connectivity index (χ4n) is 1.75. The van der Waals surface area contributed by atoms with Gasteiger partial charge in [0.2, 0.25) is 0 Å². The Kier molecular flexibility index (Phi) is 4.44. The molecule has 0 fully saturated rings. The van der Waals surface area contributed by atoms with Crippen LogP contribution in [0.1, 0.15) is 16.5 Å². The quantitative estimate of drug-likeness (QED) is 0.916. The third-order valence-electron chi connectivity index (χ3n) is 2.69. The van der Waals surface area contributed by atoms with Crippen molar-refractivity contribution in [2.24, 2.45) is 0 Å². The summed E-state index contributed by atoms with van der Waals surface area (Å²) in [7, 11) is 2.97. The Bertz CT molecular complexity index is 585. The molecule has 0 saturated carbocycles. The molecule has 19 heavy (non-hydrogen) atoms. The molecule has 6 heteroatoms. The summed E-state index contributed by atoms with van der Waals surface area (Å²) in [4.78, 5) is 0.652. The van der Waals surface area contributed by atoms with E-state index < -0.39 is 11.9 Å². The highest BCUT2D eigenvalue weighted by Crippen LogP contribution is 2.39. The molecule has 1 unspecified atom stereocenters. The summed E-state index contributed by atoms with van der Waals surface area (Å²) in [6.07, 6.45) is -0.929. The van der Waals surface area contributed by atoms with Crippen LogP contribution in [0.25, 0.3) is 0 Å². The Labute approximate surface area is 122 Å². The fourth-order valence-corrected chi connectivity index (χ4v) is 2.98. The second kappa shape index (κ2) is 5.90. The topological polar surface area (TPSA) is 38.7 Å². The maximum absolute atomic E-state index is 13.5. The molecule has 1 atom stereocenters. The monoisotopic (exact) mass is 346 g/mol. The van der Waals surface area contributed by atoms with E-state index in [-0.39, 0.29) is 4.47 Å². The second-order valence-electron chi connectivity index (χ2n) is 3.76. The summed E-state index contributed by atoms with van der Waals surface area (Å²) in [5, 5.41) is 12.2. The van der Waals surface area contributed by atoms with Crippen molar-refractivity contribution >= 4 is 27.3 Å². The lowest BCUT2D eigenvalue weighted by atomic mass is 10.1. The first-order chi connectivity index (χ1) is 9.08. The summed E-state index contributed by atoms with van der Waals surface area (Å²) in [5.41, 5.74) is 0.483. The highest BCUT2D eigenvalue weighted by atomic mass is 79.9. The van der Waals surface area contributed by atoms with Crippen LogP contribution in [0.3, 0.4) is 0 Å². The number of halogens is 2. The summed E-state index contributed by atoms with van der Waals surface area (Å²) in [5.74, 6) is 0.453. The zero-order valence-corrected chi connectivity index (χ0v) is 12.7. The third-order valence-corrected chi connectivity index (χ3v) is 4.25. The number of aliphatic hydroxyl groups excluding tert-OH is 1. The van der Waals surface area contributed by atoms with Gasteiger partial charge in [0, 0.05) is 11.6 Å². The molecule has 102 valence electrons. The maximum atomic E-state index is 13.5. The molecule has 0 spiro atoms. The summed E-state index contributed by atoms with van der Waals surface area (Å²) in [6.45, 7) is 0. The number of hydrogen-bond acceptors (Lipinski definition) is 4. The van der Waals surface area contributed by atoms with Crippen molar-refractivity contribution in [3.8, 4) is 11.5 Å². The van der Waals surface area contributed by atoms with Gasteiger partial charge in [0.15, 0.2) is 0 Å². The first-order valence-corrected chi connectivity index (χ1v) is 7.08. The SMILES string of the molecule is COc1cc(F)c(Br)cc1C(O)c1sccc1OC. The Morgan fingerprint density at radius 1 is 1.26 bits per heavy atom. The van der Waals surface area contributed by atoms with Gasteiger partial charge in [-0.2, -0.15) is 0 Å². The van der Waals surface area contributed by atoms with Crippen LogP contribution in [0.15, 0.2) is 28.1 Å². The Morgan fingerprint density at radius 2 is 1.95 bits per heavy atom. The van der Waals surface area contributed by atoms with Gasteiger partial charge >= 0.3 is 0 Å². The van der Waals surface area contributed by atoms with Crippen molar-refractivity contribution in [1.82, 2.24) is 0 Å². The maximum Gasteiger partial charge on any atom is 0.141 e. The van der Waals surface area contributed by atoms with Gasteiger partial charge in [-0.3, -0.25) is 0 Å². The molecule has 0 saturated heterocycles. The minimum Gasteiger partial charge on any atom is -0.496 e. The zero-order chi connectivity index (χ0) is 14.0. The van der Waals surface area contributed by atoms with E-state index in [0.29, 0.717) is 21.9 Å². The van der Waals surface area contributed by atoms with Crippen molar-refractivity contribution in [1.29, 1.82) is 0 Å². The van der Waals surface area contributed by atoms with Gasteiger partial charge in [-0.15, -0.1) is 11.3 Å². The highest BCUT2D eigenvalue weighted by Gasteiger charge is 2.22. The number of rotatable bonds is 4. The number of ether oxygens (including phenoxy) is 2. The molecule has 3 nitrogen and oxygen atoms in total. The molecule has 1 N–H and O–H groups in total. The predicted octanol–water partition coefficient (Wildman–Crippen LogP) is 3.75. The van der Waals surface area contributed by atoms with E-state index in [2.05, 4.69) is 15.9 Å². The van der Waals surface area contributed by atoms with Crippen LogP contribution in [0.4, 0.5) is 4.39 Å². The van der Waals surface area contributed by atoms with Crippen LogP contribution >= 0.6 is 27.3 Å². The molecule has 0 amide bonds. The predicted molar refractivity (Wildman–Crippen MR) is 75.6 cm³/mol. The van der Waals surface area contributed by atoms with Crippen molar-refractivity contribution in [2.75, 3.05) is 14.2 Å². The van der Waals surface area contributed by atoms with Crippen LogP contribution in [0.5, 0.6) is 11.5 Å². The van der Waals surface area contributed by atoms with E-state index >= 15 is 0 Å². The normalized spacial score (nSPS) is 12.3. The zero-order valence-electron chi connectivity index (χ0n) is 10.3. The van der Waals surface area contributed by atoms with Crippen LogP contribution < -0.4 is 9.47 Å². The lowest BCUT2D eigenvalue weighted by Gasteiger charge is -2.15. The van der Waals surface area contributed by atoms with E-state index in [1.807, 2.05) is 5.38 Å². The van der Waals surface area contributed by atoms with Crippen molar-refractivity contribution in [3.63, 3.8) is 0 Å². The molecular weight excluding hydrogens is 335 g/mol. The summed E-state index contributed by atoms with van der Waals surface area (Å²) >= 11 is 4.47. The van der Waals surface area contributed by atoms with E-state index in [1.165, 1.54) is 37.7 Å². The molecule has 0 bridgehead atoms. The Hall–Kier alpha value is -1.11. The third kappa shape index (κ3) is 2.75. The van der Waals surface area contributed by atoms with E-state index in [9.17, 15) is 9.50 Å². The van der Waals surface area contributed by atoms with Crippen molar-refractivity contribution in [3.05, 3.63) is 44.3 Å². The van der Waals surface area contributed by atoms with Crippen LogP contribution in [-0.2, 0) is 0 Å². The fraction of sp³-hybridized carbons (Fsp3) is 0.231. The van der Waals surface area contributed by atoms with Gasteiger partial charge in [0.25, 0.3) is 0 Å². The molecular formula is C13H12BrFO3S. The van der Waals surface area contributed by atoms with Gasteiger partial charge in [0.1, 0.15) is 23.4 Å². The molecule has 0 radical (unpaired) electrons. The Balaban J connectivity index is 2.49. The van der Waals surface area contributed by atoms with Crippen molar-refractivity contribution < 1.29 is 19.0 Å². The average Bonchev–Trinajstić information content (AvgIpc) is 2.88. The number of hydrogen-bond donors (Lipinski definition) is 1. The van der Waals surface area contributed by atoms with E-state index in [0.717, 1.165) is 0 Å². The first kappa shape index (κ1) is 14.3. The van der Waals surface area contributed by atoms with Gasteiger partial charge in [-0.25, -0.2) is 4.39 Å². The number of aliphatic hydroxyl groups is 1. The lowest BCUT2D eigenvalue weighted by molar-refractivity contribution is 0.213. The lowest BCUT2D eigenvalue weighted by Crippen LogP contribution is -2.03. The smallest absolute Gasteiger partial charge is 0.141 e. The number of benzene rings is 1.